The third kappa shape index (κ3) is 6.40. The summed E-state index contributed by atoms with van der Waals surface area (Å²) >= 11 is 0. The molecule has 0 aliphatic heterocycles. The van der Waals surface area contributed by atoms with Crippen LogP contribution in [-0.4, -0.2) is 43.5 Å². The summed E-state index contributed by atoms with van der Waals surface area (Å²) in [5, 5.41) is 2.57. The van der Waals surface area contributed by atoms with Crippen molar-refractivity contribution in [3.05, 3.63) is 36.4 Å². The predicted molar refractivity (Wildman–Crippen MR) is 88.5 cm³/mol. The number of alkyl halides is 2. The number of hydrogen-bond acceptors (Lipinski definition) is 4. The van der Waals surface area contributed by atoms with Crippen molar-refractivity contribution < 1.29 is 27.8 Å². The number of rotatable bonds is 9. The number of likely N-dealkylation sites (N-methyl/N-ethyl adjacent to an activating group) is 1. The van der Waals surface area contributed by atoms with Gasteiger partial charge in [-0.2, -0.15) is 8.78 Å². The smallest absolute Gasteiger partial charge is 0.387 e. The number of methoxy groups -OCH3 is 1. The fourth-order valence-corrected chi connectivity index (χ4v) is 2.26. The fraction of sp³-hybridized carbons (Fsp3) is 0.412. The lowest BCUT2D eigenvalue weighted by Gasteiger charge is -2.24. The van der Waals surface area contributed by atoms with Crippen LogP contribution in [0.3, 0.4) is 0 Å². The van der Waals surface area contributed by atoms with E-state index in [1.54, 1.807) is 19.2 Å². The molecule has 0 saturated heterocycles. The van der Waals surface area contributed by atoms with Crippen molar-refractivity contribution in [3.63, 3.8) is 0 Å². The minimum absolute atomic E-state index is 0.0852. The standard InChI is InChI=1S/C17H22F2N2O4/c1-5-6-13(20-11(2)22)16(23)21(3)10-12-7-8-14(25-17(18)19)15(9-12)24-4/h5,7-9,13,17H,1,6,10H2,2-4H3,(H,20,22). The van der Waals surface area contributed by atoms with Gasteiger partial charge in [0.15, 0.2) is 11.5 Å². The lowest BCUT2D eigenvalue weighted by Crippen LogP contribution is -2.46. The molecule has 0 radical (unpaired) electrons. The highest BCUT2D eigenvalue weighted by molar-refractivity contribution is 5.86. The molecule has 0 heterocycles. The van der Waals surface area contributed by atoms with E-state index in [9.17, 15) is 18.4 Å². The van der Waals surface area contributed by atoms with Gasteiger partial charge in [-0.25, -0.2) is 0 Å². The average Bonchev–Trinajstić information content (AvgIpc) is 2.54. The first-order valence-corrected chi connectivity index (χ1v) is 7.53. The van der Waals surface area contributed by atoms with Gasteiger partial charge in [0.2, 0.25) is 11.8 Å². The van der Waals surface area contributed by atoms with Gasteiger partial charge in [0.05, 0.1) is 7.11 Å². The minimum atomic E-state index is -2.96. The summed E-state index contributed by atoms with van der Waals surface area (Å²) in [6, 6.07) is 3.73. The molecule has 1 unspecified atom stereocenters. The fourth-order valence-electron chi connectivity index (χ4n) is 2.26. The molecule has 138 valence electrons. The summed E-state index contributed by atoms with van der Waals surface area (Å²) in [5.41, 5.74) is 0.662. The molecule has 1 aromatic carbocycles. The maximum absolute atomic E-state index is 12.4. The van der Waals surface area contributed by atoms with Crippen LogP contribution in [0.5, 0.6) is 11.5 Å². The Kier molecular flexibility index (Phi) is 7.84. The van der Waals surface area contributed by atoms with Crippen molar-refractivity contribution in [2.45, 2.75) is 32.5 Å². The van der Waals surface area contributed by atoms with E-state index in [0.717, 1.165) is 0 Å². The van der Waals surface area contributed by atoms with Crippen LogP contribution in [-0.2, 0) is 16.1 Å². The van der Waals surface area contributed by atoms with E-state index in [0.29, 0.717) is 12.0 Å². The van der Waals surface area contributed by atoms with E-state index in [-0.39, 0.29) is 29.9 Å². The first kappa shape index (κ1) is 20.4. The molecule has 2 amide bonds. The maximum Gasteiger partial charge on any atom is 0.387 e. The van der Waals surface area contributed by atoms with Crippen molar-refractivity contribution in [2.75, 3.05) is 14.2 Å². The van der Waals surface area contributed by atoms with Crippen molar-refractivity contribution >= 4 is 11.8 Å². The number of nitrogens with zero attached hydrogens (tertiary/aromatic N) is 1. The second kappa shape index (κ2) is 9.61. The molecule has 8 heteroatoms. The third-order valence-electron chi connectivity index (χ3n) is 3.32. The van der Waals surface area contributed by atoms with E-state index >= 15 is 0 Å². The highest BCUT2D eigenvalue weighted by Crippen LogP contribution is 2.29. The molecule has 1 atom stereocenters. The van der Waals surface area contributed by atoms with Gasteiger partial charge in [-0.3, -0.25) is 9.59 Å². The van der Waals surface area contributed by atoms with Gasteiger partial charge >= 0.3 is 6.61 Å². The largest absolute Gasteiger partial charge is 0.493 e. The van der Waals surface area contributed by atoms with Crippen LogP contribution >= 0.6 is 0 Å². The molecule has 0 aliphatic rings. The topological polar surface area (TPSA) is 67.9 Å². The van der Waals surface area contributed by atoms with Gasteiger partial charge in [-0.1, -0.05) is 12.1 Å². The van der Waals surface area contributed by atoms with Crippen LogP contribution in [0.25, 0.3) is 0 Å². The number of amides is 2. The lowest BCUT2D eigenvalue weighted by atomic mass is 10.1. The van der Waals surface area contributed by atoms with E-state index in [1.165, 1.54) is 31.1 Å². The zero-order valence-corrected chi connectivity index (χ0v) is 14.4. The number of halogens is 2. The van der Waals surface area contributed by atoms with Crippen LogP contribution in [0.1, 0.15) is 18.9 Å². The molecular weight excluding hydrogens is 334 g/mol. The van der Waals surface area contributed by atoms with Crippen LogP contribution in [0, 0.1) is 0 Å². The number of ether oxygens (including phenoxy) is 2. The lowest BCUT2D eigenvalue weighted by molar-refractivity contribution is -0.135. The van der Waals surface area contributed by atoms with Gasteiger partial charge in [0.1, 0.15) is 6.04 Å². The summed E-state index contributed by atoms with van der Waals surface area (Å²) in [6.07, 6.45) is 1.85. The molecule has 0 fully saturated rings. The summed E-state index contributed by atoms with van der Waals surface area (Å²) in [5.74, 6) is -0.549. The van der Waals surface area contributed by atoms with Crippen molar-refractivity contribution in [2.24, 2.45) is 0 Å². The van der Waals surface area contributed by atoms with Crippen LogP contribution in [0.4, 0.5) is 8.78 Å². The second-order valence-electron chi connectivity index (χ2n) is 5.34. The zero-order chi connectivity index (χ0) is 19.0. The molecule has 25 heavy (non-hydrogen) atoms. The number of carbonyl (C=O) groups is 2. The monoisotopic (exact) mass is 356 g/mol. The van der Waals surface area contributed by atoms with Crippen LogP contribution in [0.2, 0.25) is 0 Å². The van der Waals surface area contributed by atoms with Crippen LogP contribution < -0.4 is 14.8 Å². The third-order valence-corrected chi connectivity index (χ3v) is 3.32. The van der Waals surface area contributed by atoms with E-state index in [4.69, 9.17) is 4.74 Å². The molecule has 1 N–H and O–H groups in total. The van der Waals surface area contributed by atoms with Crippen molar-refractivity contribution in [1.29, 1.82) is 0 Å². The van der Waals surface area contributed by atoms with Crippen molar-refractivity contribution in [1.82, 2.24) is 10.2 Å². The molecule has 0 bridgehead atoms. The highest BCUT2D eigenvalue weighted by atomic mass is 19.3. The average molecular weight is 356 g/mol. The Labute approximate surface area is 145 Å². The van der Waals surface area contributed by atoms with E-state index in [1.807, 2.05) is 0 Å². The Hall–Kier alpha value is -2.64. The quantitative estimate of drug-likeness (QED) is 0.690. The summed E-state index contributed by atoms with van der Waals surface area (Å²) in [6.45, 7) is 2.15. The second-order valence-corrected chi connectivity index (χ2v) is 5.34. The van der Waals surface area contributed by atoms with Crippen molar-refractivity contribution in [3.8, 4) is 11.5 Å². The molecule has 0 saturated carbocycles. The molecule has 0 aromatic heterocycles. The van der Waals surface area contributed by atoms with Gasteiger partial charge < -0.3 is 19.7 Å². The summed E-state index contributed by atoms with van der Waals surface area (Å²) in [7, 11) is 2.92. The van der Waals surface area contributed by atoms with Gasteiger partial charge in [-0.15, -0.1) is 6.58 Å². The first-order valence-electron chi connectivity index (χ1n) is 7.53. The first-order chi connectivity index (χ1) is 11.8. The van der Waals surface area contributed by atoms with E-state index in [2.05, 4.69) is 16.6 Å². The SMILES string of the molecule is C=CCC(NC(C)=O)C(=O)N(C)Cc1ccc(OC(F)F)c(OC)c1. The van der Waals surface area contributed by atoms with Gasteiger partial charge in [0, 0.05) is 20.5 Å². The summed E-state index contributed by atoms with van der Waals surface area (Å²) < 4.78 is 34.1. The highest BCUT2D eigenvalue weighted by Gasteiger charge is 2.22. The molecule has 0 spiro atoms. The Morgan fingerprint density at radius 1 is 1.36 bits per heavy atom. The molecule has 6 nitrogen and oxygen atoms in total. The Morgan fingerprint density at radius 3 is 2.56 bits per heavy atom. The van der Waals surface area contributed by atoms with Crippen LogP contribution in [0.15, 0.2) is 30.9 Å². The number of benzene rings is 1. The Morgan fingerprint density at radius 2 is 2.04 bits per heavy atom. The number of carbonyl (C=O) groups excluding carboxylic acids is 2. The predicted octanol–water partition coefficient (Wildman–Crippen LogP) is 2.34. The van der Waals surface area contributed by atoms with Gasteiger partial charge in [-0.05, 0) is 24.1 Å². The molecular formula is C17H22F2N2O4. The Balaban J connectivity index is 2.87. The molecule has 0 aliphatic carbocycles. The minimum Gasteiger partial charge on any atom is -0.493 e. The molecule has 1 rings (SSSR count). The summed E-state index contributed by atoms with van der Waals surface area (Å²) in [4.78, 5) is 25.1. The zero-order valence-electron chi connectivity index (χ0n) is 14.4. The van der Waals surface area contributed by atoms with E-state index < -0.39 is 12.7 Å². The number of hydrogen-bond donors (Lipinski definition) is 1. The molecule has 1 aromatic rings. The normalized spacial score (nSPS) is 11.6. The maximum atomic E-state index is 12.4. The number of nitrogens with one attached hydrogen (secondary N) is 1. The Bertz CT molecular complexity index is 623. The van der Waals surface area contributed by atoms with Gasteiger partial charge in [0.25, 0.3) is 0 Å².